The van der Waals surface area contributed by atoms with Crippen molar-refractivity contribution in [2.24, 2.45) is 5.41 Å². The molecule has 0 atom stereocenters. The van der Waals surface area contributed by atoms with Crippen LogP contribution in [0.25, 0.3) is 11.3 Å². The molecule has 0 fully saturated rings. The predicted octanol–water partition coefficient (Wildman–Crippen LogP) is 6.83. The SMILES string of the molecule is COc1cc(C(=O)Nc2ccc3c(c2)N(OC(=O)C(C)(C)C)C(=O)/C3=C(\OC(=O)c2ccccc2)c2ccccc2)ccc1C. The van der Waals surface area contributed by atoms with Crippen LogP contribution in [0.2, 0.25) is 0 Å². The number of carbonyl (C=O) groups excluding carboxylic acids is 4. The zero-order valence-corrected chi connectivity index (χ0v) is 25.5. The lowest BCUT2D eigenvalue weighted by atomic mass is 9.98. The molecule has 1 aliphatic heterocycles. The van der Waals surface area contributed by atoms with Crippen molar-refractivity contribution in [3.8, 4) is 5.75 Å². The molecule has 2 amide bonds. The van der Waals surface area contributed by atoms with Gasteiger partial charge >= 0.3 is 11.9 Å². The third-order valence-corrected chi connectivity index (χ3v) is 7.07. The molecule has 0 aromatic heterocycles. The van der Waals surface area contributed by atoms with E-state index in [-0.39, 0.29) is 17.0 Å². The van der Waals surface area contributed by atoms with E-state index in [4.69, 9.17) is 14.3 Å². The summed E-state index contributed by atoms with van der Waals surface area (Å²) in [6.45, 7) is 6.86. The minimum Gasteiger partial charge on any atom is -0.496 e. The molecule has 1 aliphatic rings. The summed E-state index contributed by atoms with van der Waals surface area (Å²) in [5, 5.41) is 3.71. The van der Waals surface area contributed by atoms with Gasteiger partial charge in [-0.2, -0.15) is 0 Å². The average molecular weight is 605 g/mol. The van der Waals surface area contributed by atoms with Gasteiger partial charge in [-0.15, -0.1) is 5.06 Å². The Balaban J connectivity index is 1.61. The maximum Gasteiger partial charge on any atom is 0.343 e. The normalized spacial score (nSPS) is 13.5. The van der Waals surface area contributed by atoms with Gasteiger partial charge in [0.15, 0.2) is 5.76 Å². The van der Waals surface area contributed by atoms with Crippen LogP contribution < -0.4 is 15.1 Å². The Morgan fingerprint density at radius 2 is 1.42 bits per heavy atom. The molecule has 1 heterocycles. The molecule has 0 spiro atoms. The van der Waals surface area contributed by atoms with E-state index in [2.05, 4.69) is 5.32 Å². The van der Waals surface area contributed by atoms with Crippen LogP contribution in [0.4, 0.5) is 11.4 Å². The number of ether oxygens (including phenoxy) is 2. The highest BCUT2D eigenvalue weighted by molar-refractivity contribution is 6.37. The lowest BCUT2D eigenvalue weighted by Gasteiger charge is -2.22. The fourth-order valence-electron chi connectivity index (χ4n) is 4.58. The first-order chi connectivity index (χ1) is 21.5. The second-order valence-electron chi connectivity index (χ2n) is 11.4. The van der Waals surface area contributed by atoms with Gasteiger partial charge in [0, 0.05) is 22.4 Å². The van der Waals surface area contributed by atoms with Crippen LogP contribution in [0.3, 0.4) is 0 Å². The summed E-state index contributed by atoms with van der Waals surface area (Å²) in [6, 6.07) is 27.0. The van der Waals surface area contributed by atoms with Crippen molar-refractivity contribution < 1.29 is 33.5 Å². The summed E-state index contributed by atoms with van der Waals surface area (Å²) in [6.07, 6.45) is 0. The smallest absolute Gasteiger partial charge is 0.343 e. The number of amides is 2. The molecule has 0 radical (unpaired) electrons. The number of hydrogen-bond donors (Lipinski definition) is 1. The van der Waals surface area contributed by atoms with Gasteiger partial charge in [0.1, 0.15) is 5.75 Å². The van der Waals surface area contributed by atoms with Crippen LogP contribution in [0.15, 0.2) is 97.1 Å². The highest BCUT2D eigenvalue weighted by atomic mass is 16.7. The molecule has 0 bridgehead atoms. The summed E-state index contributed by atoms with van der Waals surface area (Å²) >= 11 is 0. The molecular formula is C36H32N2O7. The Kier molecular flexibility index (Phi) is 8.54. The zero-order valence-electron chi connectivity index (χ0n) is 25.5. The minimum absolute atomic E-state index is 0.00598. The molecule has 1 N–H and O–H groups in total. The minimum atomic E-state index is -0.939. The van der Waals surface area contributed by atoms with Gasteiger partial charge < -0.3 is 19.6 Å². The number of benzene rings is 4. The molecule has 9 nitrogen and oxygen atoms in total. The molecule has 5 rings (SSSR count). The van der Waals surface area contributed by atoms with Crippen LogP contribution in [0.5, 0.6) is 5.75 Å². The number of aryl methyl sites for hydroxylation is 1. The zero-order chi connectivity index (χ0) is 32.3. The third kappa shape index (κ3) is 6.47. The number of nitrogens with one attached hydrogen (secondary N) is 1. The fourth-order valence-corrected chi connectivity index (χ4v) is 4.58. The Hall–Kier alpha value is -5.70. The first-order valence-corrected chi connectivity index (χ1v) is 14.2. The van der Waals surface area contributed by atoms with Crippen LogP contribution in [-0.2, 0) is 19.2 Å². The lowest BCUT2D eigenvalue weighted by molar-refractivity contribution is -0.157. The van der Waals surface area contributed by atoms with Gasteiger partial charge in [0.25, 0.3) is 11.8 Å². The van der Waals surface area contributed by atoms with Crippen molar-refractivity contribution in [3.05, 3.63) is 125 Å². The van der Waals surface area contributed by atoms with E-state index >= 15 is 0 Å². The number of carbonyl (C=O) groups is 4. The van der Waals surface area contributed by atoms with Gasteiger partial charge in [-0.05, 0) is 75.7 Å². The summed E-state index contributed by atoms with van der Waals surface area (Å²) < 4.78 is 11.3. The fraction of sp³-hybridized carbons (Fsp3) is 0.167. The van der Waals surface area contributed by atoms with Gasteiger partial charge in [-0.25, -0.2) is 9.59 Å². The van der Waals surface area contributed by atoms with E-state index in [0.717, 1.165) is 10.6 Å². The van der Waals surface area contributed by atoms with Crippen LogP contribution >= 0.6 is 0 Å². The van der Waals surface area contributed by atoms with Gasteiger partial charge in [0.2, 0.25) is 0 Å². The maximum atomic E-state index is 14.1. The lowest BCUT2D eigenvalue weighted by Crippen LogP contribution is -2.35. The Bertz CT molecular complexity index is 1820. The van der Waals surface area contributed by atoms with Crippen LogP contribution in [-0.4, -0.2) is 30.9 Å². The highest BCUT2D eigenvalue weighted by Crippen LogP contribution is 2.43. The van der Waals surface area contributed by atoms with Crippen LogP contribution in [0, 0.1) is 12.3 Å². The summed E-state index contributed by atoms with van der Waals surface area (Å²) in [7, 11) is 1.53. The molecule has 0 saturated carbocycles. The van der Waals surface area contributed by atoms with E-state index in [1.165, 1.54) is 13.2 Å². The maximum absolute atomic E-state index is 14.1. The molecule has 4 aromatic carbocycles. The van der Waals surface area contributed by atoms with Crippen molar-refractivity contribution in [2.45, 2.75) is 27.7 Å². The second kappa shape index (κ2) is 12.5. The van der Waals surface area contributed by atoms with Gasteiger partial charge in [-0.1, -0.05) is 54.6 Å². The Morgan fingerprint density at radius 1 is 0.778 bits per heavy atom. The van der Waals surface area contributed by atoms with Crippen molar-refractivity contribution in [1.82, 2.24) is 0 Å². The first-order valence-electron chi connectivity index (χ1n) is 14.2. The number of esters is 1. The van der Waals surface area contributed by atoms with E-state index in [1.807, 2.05) is 6.92 Å². The summed E-state index contributed by atoms with van der Waals surface area (Å²) in [4.78, 5) is 59.2. The molecule has 0 saturated heterocycles. The average Bonchev–Trinajstić information content (AvgIpc) is 3.30. The first kappa shape index (κ1) is 30.7. The Morgan fingerprint density at radius 3 is 2.04 bits per heavy atom. The number of rotatable bonds is 7. The summed E-state index contributed by atoms with van der Waals surface area (Å²) in [5.74, 6) is -1.89. The Labute approximate surface area is 261 Å². The van der Waals surface area contributed by atoms with Crippen molar-refractivity contribution in [3.63, 3.8) is 0 Å². The van der Waals surface area contributed by atoms with E-state index < -0.39 is 29.2 Å². The molecule has 0 aliphatic carbocycles. The number of hydroxylamine groups is 1. The van der Waals surface area contributed by atoms with Crippen LogP contribution in [0.1, 0.15) is 58.2 Å². The van der Waals surface area contributed by atoms with E-state index in [1.54, 1.807) is 112 Å². The van der Waals surface area contributed by atoms with Crippen molar-refractivity contribution >= 4 is 46.5 Å². The molecule has 228 valence electrons. The number of methoxy groups -OCH3 is 1. The monoisotopic (exact) mass is 604 g/mol. The molecule has 9 heteroatoms. The molecular weight excluding hydrogens is 572 g/mol. The standard InChI is InChI=1S/C36H32N2O7/c1-22-16-17-25(20-29(22)43-5)32(39)37-26-18-19-27-28(21-26)38(45-35(42)36(2,3)4)33(40)30(27)31(23-12-8-6-9-13-23)44-34(41)24-14-10-7-11-15-24/h6-21H,1-5H3,(H,37,39)/b31-30-. The number of fused-ring (bicyclic) bond motifs is 1. The number of hydrogen-bond acceptors (Lipinski definition) is 7. The van der Waals surface area contributed by atoms with Crippen molar-refractivity contribution in [2.75, 3.05) is 17.5 Å². The van der Waals surface area contributed by atoms with E-state index in [9.17, 15) is 19.2 Å². The molecule has 0 unspecified atom stereocenters. The van der Waals surface area contributed by atoms with E-state index in [0.29, 0.717) is 33.7 Å². The topological polar surface area (TPSA) is 111 Å². The molecule has 4 aromatic rings. The number of anilines is 2. The van der Waals surface area contributed by atoms with Gasteiger partial charge in [0.05, 0.1) is 29.3 Å². The highest BCUT2D eigenvalue weighted by Gasteiger charge is 2.41. The molecule has 45 heavy (non-hydrogen) atoms. The number of nitrogens with zero attached hydrogens (tertiary/aromatic N) is 1. The largest absolute Gasteiger partial charge is 0.496 e. The predicted molar refractivity (Wildman–Crippen MR) is 170 cm³/mol. The van der Waals surface area contributed by atoms with Gasteiger partial charge in [-0.3, -0.25) is 9.59 Å². The second-order valence-corrected chi connectivity index (χ2v) is 11.4. The third-order valence-electron chi connectivity index (χ3n) is 7.07. The quantitative estimate of drug-likeness (QED) is 0.140. The summed E-state index contributed by atoms with van der Waals surface area (Å²) in [5.41, 5.74) is 1.95. The van der Waals surface area contributed by atoms with Crippen molar-refractivity contribution in [1.29, 1.82) is 0 Å².